The number of nitrogens with zero attached hydrogens (tertiary/aromatic N) is 2. The summed E-state index contributed by atoms with van der Waals surface area (Å²) in [5.74, 6) is -0.844. The zero-order valence-electron chi connectivity index (χ0n) is 9.47. The van der Waals surface area contributed by atoms with Gasteiger partial charge in [-0.15, -0.1) is 0 Å². The van der Waals surface area contributed by atoms with Gasteiger partial charge in [0.2, 0.25) is 0 Å². The van der Waals surface area contributed by atoms with Crippen LogP contribution >= 0.6 is 11.6 Å². The van der Waals surface area contributed by atoms with Crippen molar-refractivity contribution in [1.82, 2.24) is 9.88 Å². The molecular weight excluding hydrogens is 240 g/mol. The standard InChI is InChI=1S/C12H15ClN2O2/c13-11-7-9(1-4-14-11)8-15-5-2-10(3-6-15)12(16)17/h1,4,7,10H,2-3,5-6,8H2,(H,16,17). The van der Waals surface area contributed by atoms with Crippen LogP contribution in [0.25, 0.3) is 0 Å². The van der Waals surface area contributed by atoms with Gasteiger partial charge in [0.1, 0.15) is 5.15 Å². The first-order valence-electron chi connectivity index (χ1n) is 5.71. The van der Waals surface area contributed by atoms with Crippen LogP contribution < -0.4 is 0 Å². The minimum absolute atomic E-state index is 0.174. The number of hydrogen-bond donors (Lipinski definition) is 1. The summed E-state index contributed by atoms with van der Waals surface area (Å²) in [6.07, 6.45) is 3.16. The summed E-state index contributed by atoms with van der Waals surface area (Å²) in [5.41, 5.74) is 1.12. The van der Waals surface area contributed by atoms with Gasteiger partial charge in [0.25, 0.3) is 0 Å². The second kappa shape index (κ2) is 5.47. The van der Waals surface area contributed by atoms with Gasteiger partial charge in [0.15, 0.2) is 0 Å². The number of carbonyl (C=O) groups is 1. The Morgan fingerprint density at radius 2 is 2.24 bits per heavy atom. The van der Waals surface area contributed by atoms with E-state index >= 15 is 0 Å². The molecule has 1 aliphatic heterocycles. The summed E-state index contributed by atoms with van der Waals surface area (Å²) in [4.78, 5) is 17.0. The van der Waals surface area contributed by atoms with Crippen molar-refractivity contribution in [2.75, 3.05) is 13.1 Å². The normalized spacial score (nSPS) is 18.2. The molecule has 0 amide bonds. The molecule has 0 unspecified atom stereocenters. The summed E-state index contributed by atoms with van der Waals surface area (Å²) in [7, 11) is 0. The molecule has 0 saturated carbocycles. The Labute approximate surface area is 105 Å². The summed E-state index contributed by atoms with van der Waals surface area (Å²) in [6, 6.07) is 3.79. The highest BCUT2D eigenvalue weighted by Crippen LogP contribution is 2.19. The first kappa shape index (κ1) is 12.3. The van der Waals surface area contributed by atoms with Crippen molar-refractivity contribution in [1.29, 1.82) is 0 Å². The fourth-order valence-electron chi connectivity index (χ4n) is 2.14. The first-order chi connectivity index (χ1) is 8.15. The molecule has 0 spiro atoms. The molecule has 17 heavy (non-hydrogen) atoms. The number of likely N-dealkylation sites (tertiary alicyclic amines) is 1. The molecule has 1 aromatic heterocycles. The summed E-state index contributed by atoms with van der Waals surface area (Å²) in [6.45, 7) is 2.47. The average Bonchev–Trinajstić information content (AvgIpc) is 2.29. The van der Waals surface area contributed by atoms with E-state index in [4.69, 9.17) is 16.7 Å². The molecule has 0 bridgehead atoms. The van der Waals surface area contributed by atoms with Gasteiger partial charge in [-0.05, 0) is 43.6 Å². The predicted molar refractivity (Wildman–Crippen MR) is 64.9 cm³/mol. The molecule has 1 fully saturated rings. The Balaban J connectivity index is 1.88. The molecular formula is C12H15ClN2O2. The average molecular weight is 255 g/mol. The topological polar surface area (TPSA) is 53.4 Å². The smallest absolute Gasteiger partial charge is 0.306 e. The quantitative estimate of drug-likeness (QED) is 0.839. The van der Waals surface area contributed by atoms with Gasteiger partial charge in [0.05, 0.1) is 5.92 Å². The van der Waals surface area contributed by atoms with E-state index in [1.165, 1.54) is 0 Å². The monoisotopic (exact) mass is 254 g/mol. The van der Waals surface area contributed by atoms with Crippen molar-refractivity contribution in [3.8, 4) is 0 Å². The lowest BCUT2D eigenvalue weighted by Crippen LogP contribution is -2.35. The number of rotatable bonds is 3. The van der Waals surface area contributed by atoms with Crippen molar-refractivity contribution in [2.45, 2.75) is 19.4 Å². The van der Waals surface area contributed by atoms with Gasteiger partial charge in [0, 0.05) is 12.7 Å². The highest BCUT2D eigenvalue weighted by molar-refractivity contribution is 6.29. The van der Waals surface area contributed by atoms with Gasteiger partial charge in [-0.3, -0.25) is 9.69 Å². The molecule has 2 rings (SSSR count). The number of carboxylic acids is 1. The number of carboxylic acid groups (broad SMARTS) is 1. The molecule has 92 valence electrons. The van der Waals surface area contributed by atoms with E-state index in [2.05, 4.69) is 9.88 Å². The molecule has 1 aromatic rings. The first-order valence-corrected chi connectivity index (χ1v) is 6.08. The van der Waals surface area contributed by atoms with E-state index in [1.54, 1.807) is 6.20 Å². The minimum atomic E-state index is -0.670. The molecule has 1 aliphatic rings. The number of piperidine rings is 1. The fraction of sp³-hybridized carbons (Fsp3) is 0.500. The van der Waals surface area contributed by atoms with Crippen molar-refractivity contribution < 1.29 is 9.90 Å². The maximum absolute atomic E-state index is 10.8. The summed E-state index contributed by atoms with van der Waals surface area (Å²) in [5, 5.41) is 9.41. The van der Waals surface area contributed by atoms with Crippen LogP contribution in [-0.2, 0) is 11.3 Å². The largest absolute Gasteiger partial charge is 0.481 e. The Morgan fingerprint density at radius 3 is 2.82 bits per heavy atom. The van der Waals surface area contributed by atoms with Crippen LogP contribution in [0.2, 0.25) is 5.15 Å². The predicted octanol–water partition coefficient (Wildman–Crippen LogP) is 2.03. The van der Waals surface area contributed by atoms with Gasteiger partial charge in [-0.1, -0.05) is 11.6 Å². The summed E-state index contributed by atoms with van der Waals surface area (Å²) >= 11 is 5.82. The Bertz CT molecular complexity index is 403. The number of hydrogen-bond acceptors (Lipinski definition) is 3. The van der Waals surface area contributed by atoms with Crippen molar-refractivity contribution in [2.24, 2.45) is 5.92 Å². The third kappa shape index (κ3) is 3.41. The van der Waals surface area contributed by atoms with E-state index in [0.29, 0.717) is 5.15 Å². The number of pyridine rings is 1. The van der Waals surface area contributed by atoms with Gasteiger partial charge in [-0.2, -0.15) is 0 Å². The summed E-state index contributed by atoms with van der Waals surface area (Å²) < 4.78 is 0. The third-order valence-corrected chi connectivity index (χ3v) is 3.34. The zero-order valence-corrected chi connectivity index (χ0v) is 10.2. The molecule has 4 nitrogen and oxygen atoms in total. The Kier molecular flexibility index (Phi) is 3.97. The highest BCUT2D eigenvalue weighted by Gasteiger charge is 2.24. The highest BCUT2D eigenvalue weighted by atomic mass is 35.5. The molecule has 0 atom stereocenters. The molecule has 0 aliphatic carbocycles. The molecule has 2 heterocycles. The second-order valence-corrected chi connectivity index (χ2v) is 4.76. The van der Waals surface area contributed by atoms with Crippen LogP contribution in [0.5, 0.6) is 0 Å². The minimum Gasteiger partial charge on any atom is -0.481 e. The van der Waals surface area contributed by atoms with E-state index in [9.17, 15) is 4.79 Å². The molecule has 5 heteroatoms. The van der Waals surface area contributed by atoms with E-state index in [0.717, 1.165) is 38.0 Å². The van der Waals surface area contributed by atoms with Crippen molar-refractivity contribution in [3.63, 3.8) is 0 Å². The molecule has 0 radical (unpaired) electrons. The van der Waals surface area contributed by atoms with Crippen LogP contribution in [-0.4, -0.2) is 34.0 Å². The van der Waals surface area contributed by atoms with Crippen molar-refractivity contribution >= 4 is 17.6 Å². The van der Waals surface area contributed by atoms with Crippen LogP contribution in [0.3, 0.4) is 0 Å². The lowest BCUT2D eigenvalue weighted by Gasteiger charge is -2.29. The van der Waals surface area contributed by atoms with E-state index in [-0.39, 0.29) is 5.92 Å². The van der Waals surface area contributed by atoms with E-state index < -0.39 is 5.97 Å². The Morgan fingerprint density at radius 1 is 1.53 bits per heavy atom. The van der Waals surface area contributed by atoms with E-state index in [1.807, 2.05) is 12.1 Å². The lowest BCUT2D eigenvalue weighted by molar-refractivity contribution is -0.143. The Hall–Kier alpha value is -1.13. The SMILES string of the molecule is O=C(O)C1CCN(Cc2ccnc(Cl)c2)CC1. The van der Waals surface area contributed by atoms with Crippen molar-refractivity contribution in [3.05, 3.63) is 29.0 Å². The fourth-order valence-corrected chi connectivity index (χ4v) is 2.33. The second-order valence-electron chi connectivity index (χ2n) is 4.38. The maximum Gasteiger partial charge on any atom is 0.306 e. The van der Waals surface area contributed by atoms with Gasteiger partial charge in [-0.25, -0.2) is 4.98 Å². The van der Waals surface area contributed by atoms with Gasteiger partial charge < -0.3 is 5.11 Å². The number of aromatic nitrogens is 1. The van der Waals surface area contributed by atoms with Crippen LogP contribution in [0.1, 0.15) is 18.4 Å². The van der Waals surface area contributed by atoms with Crippen LogP contribution in [0.15, 0.2) is 18.3 Å². The van der Waals surface area contributed by atoms with Crippen LogP contribution in [0, 0.1) is 5.92 Å². The number of halogens is 1. The molecule has 1 N–H and O–H groups in total. The molecule has 0 aromatic carbocycles. The van der Waals surface area contributed by atoms with Crippen LogP contribution in [0.4, 0.5) is 0 Å². The maximum atomic E-state index is 10.8. The lowest BCUT2D eigenvalue weighted by atomic mass is 9.97. The zero-order chi connectivity index (χ0) is 12.3. The molecule has 1 saturated heterocycles. The third-order valence-electron chi connectivity index (χ3n) is 3.13. The van der Waals surface area contributed by atoms with Gasteiger partial charge >= 0.3 is 5.97 Å². The number of aliphatic carboxylic acids is 1.